The van der Waals surface area contributed by atoms with E-state index in [0.29, 0.717) is 5.82 Å². The smallest absolute Gasteiger partial charge is 0.280 e. The lowest BCUT2D eigenvalue weighted by Gasteiger charge is -2.00. The quantitative estimate of drug-likeness (QED) is 0.709. The van der Waals surface area contributed by atoms with Crippen LogP contribution in [0.1, 0.15) is 12.1 Å². The van der Waals surface area contributed by atoms with Gasteiger partial charge in [-0.2, -0.15) is 0 Å². The van der Waals surface area contributed by atoms with Crippen molar-refractivity contribution in [2.45, 2.75) is 6.43 Å². The van der Waals surface area contributed by atoms with E-state index < -0.39 is 6.43 Å². The number of rotatable bonds is 2. The van der Waals surface area contributed by atoms with Gasteiger partial charge in [0.2, 0.25) is 0 Å². The predicted octanol–water partition coefficient (Wildman–Crippen LogP) is 1.46. The van der Waals surface area contributed by atoms with Crippen LogP contribution in [0.2, 0.25) is 0 Å². The molecular weight excluding hydrogens is 152 g/mol. The first-order valence-electron chi connectivity index (χ1n) is 3.02. The molecule has 0 aliphatic rings. The Hall–Kier alpha value is -1.26. The average molecular weight is 159 g/mol. The first-order valence-corrected chi connectivity index (χ1v) is 3.02. The van der Waals surface area contributed by atoms with E-state index in [4.69, 9.17) is 0 Å². The second-order valence-corrected chi connectivity index (χ2v) is 1.88. The topological polar surface area (TPSA) is 37.8 Å². The van der Waals surface area contributed by atoms with Gasteiger partial charge in [0, 0.05) is 13.1 Å². The summed E-state index contributed by atoms with van der Waals surface area (Å²) in [6, 6.07) is 1.21. The molecule has 5 heteroatoms. The van der Waals surface area contributed by atoms with Crippen molar-refractivity contribution < 1.29 is 8.78 Å². The van der Waals surface area contributed by atoms with Crippen LogP contribution in [0.4, 0.5) is 14.6 Å². The Bertz CT molecular complexity index is 239. The van der Waals surface area contributed by atoms with Gasteiger partial charge in [-0.1, -0.05) is 0 Å². The zero-order valence-corrected chi connectivity index (χ0v) is 5.88. The number of halogens is 2. The molecule has 3 nitrogen and oxygen atoms in total. The summed E-state index contributed by atoms with van der Waals surface area (Å²) in [5.41, 5.74) is -0.260. The van der Waals surface area contributed by atoms with Gasteiger partial charge in [0.05, 0.1) is 0 Å². The van der Waals surface area contributed by atoms with Gasteiger partial charge in [0.25, 0.3) is 6.43 Å². The third-order valence-corrected chi connectivity index (χ3v) is 1.17. The summed E-state index contributed by atoms with van der Waals surface area (Å²) in [6.45, 7) is 0. The summed E-state index contributed by atoms with van der Waals surface area (Å²) in [5.74, 6) is 0.398. The molecule has 0 aliphatic carbocycles. The van der Waals surface area contributed by atoms with Crippen molar-refractivity contribution in [3.63, 3.8) is 0 Å². The summed E-state index contributed by atoms with van der Waals surface area (Å²) >= 11 is 0. The maximum Gasteiger partial charge on any atom is 0.280 e. The molecule has 0 aromatic carbocycles. The summed E-state index contributed by atoms with van der Waals surface area (Å²) in [5, 5.41) is 2.64. The summed E-state index contributed by atoms with van der Waals surface area (Å²) in [6.07, 6.45) is -1.43. The first kappa shape index (κ1) is 7.84. The van der Waals surface area contributed by atoms with Crippen LogP contribution in [0.25, 0.3) is 0 Å². The van der Waals surface area contributed by atoms with Gasteiger partial charge in [-0.05, 0) is 0 Å². The number of anilines is 1. The maximum absolute atomic E-state index is 12.0. The lowest BCUT2D eigenvalue weighted by Crippen LogP contribution is -1.96. The van der Waals surface area contributed by atoms with Crippen molar-refractivity contribution in [3.8, 4) is 0 Å². The van der Waals surface area contributed by atoms with E-state index in [9.17, 15) is 8.78 Å². The monoisotopic (exact) mass is 159 g/mol. The molecule has 0 unspecified atom stereocenters. The van der Waals surface area contributed by atoms with Crippen molar-refractivity contribution in [1.29, 1.82) is 0 Å². The molecule has 0 atom stereocenters. The van der Waals surface area contributed by atoms with Crippen LogP contribution >= 0.6 is 0 Å². The zero-order valence-electron chi connectivity index (χ0n) is 5.88. The highest BCUT2D eigenvalue weighted by Gasteiger charge is 2.08. The van der Waals surface area contributed by atoms with Gasteiger partial charge in [-0.15, -0.1) is 0 Å². The van der Waals surface area contributed by atoms with E-state index in [2.05, 4.69) is 15.3 Å². The van der Waals surface area contributed by atoms with Gasteiger partial charge in [0.1, 0.15) is 17.8 Å². The lowest BCUT2D eigenvalue weighted by molar-refractivity contribution is 0.146. The van der Waals surface area contributed by atoms with Crippen LogP contribution in [-0.2, 0) is 0 Å². The van der Waals surface area contributed by atoms with Crippen LogP contribution in [0, 0.1) is 0 Å². The minimum absolute atomic E-state index is 0.260. The molecule has 0 saturated carbocycles. The SMILES string of the molecule is CNc1cc(C(F)F)ncn1. The second kappa shape index (κ2) is 3.23. The zero-order chi connectivity index (χ0) is 8.27. The Morgan fingerprint density at radius 3 is 2.73 bits per heavy atom. The molecule has 0 amide bonds. The highest BCUT2D eigenvalue weighted by Crippen LogP contribution is 2.16. The van der Waals surface area contributed by atoms with Gasteiger partial charge in [-0.25, -0.2) is 18.7 Å². The van der Waals surface area contributed by atoms with Gasteiger partial charge in [-0.3, -0.25) is 0 Å². The molecule has 0 saturated heterocycles. The normalized spacial score (nSPS) is 10.2. The molecule has 0 spiro atoms. The number of hydrogen-bond acceptors (Lipinski definition) is 3. The predicted molar refractivity (Wildman–Crippen MR) is 36.5 cm³/mol. The second-order valence-electron chi connectivity index (χ2n) is 1.88. The summed E-state index contributed by atoms with van der Waals surface area (Å²) < 4.78 is 23.9. The lowest BCUT2D eigenvalue weighted by atomic mass is 10.4. The number of hydrogen-bond donors (Lipinski definition) is 1. The number of nitrogens with zero attached hydrogens (tertiary/aromatic N) is 2. The van der Waals surface area contributed by atoms with E-state index >= 15 is 0 Å². The molecule has 0 bridgehead atoms. The summed E-state index contributed by atoms with van der Waals surface area (Å²) in [7, 11) is 1.61. The highest BCUT2D eigenvalue weighted by atomic mass is 19.3. The van der Waals surface area contributed by atoms with Gasteiger partial charge >= 0.3 is 0 Å². The Morgan fingerprint density at radius 1 is 1.45 bits per heavy atom. The maximum atomic E-state index is 12.0. The third-order valence-electron chi connectivity index (χ3n) is 1.17. The Kier molecular flexibility index (Phi) is 2.30. The van der Waals surface area contributed by atoms with E-state index in [0.717, 1.165) is 6.33 Å². The molecule has 1 aromatic rings. The third kappa shape index (κ3) is 1.83. The van der Waals surface area contributed by atoms with E-state index in [1.165, 1.54) is 6.07 Å². The highest BCUT2D eigenvalue weighted by molar-refractivity contribution is 5.33. The van der Waals surface area contributed by atoms with Crippen molar-refractivity contribution in [1.82, 2.24) is 9.97 Å². The van der Waals surface area contributed by atoms with E-state index in [1.807, 2.05) is 0 Å². The molecule has 0 fully saturated rings. The molecule has 1 N–H and O–H groups in total. The molecule has 11 heavy (non-hydrogen) atoms. The van der Waals surface area contributed by atoms with Crippen LogP contribution in [0.15, 0.2) is 12.4 Å². The van der Waals surface area contributed by atoms with Crippen molar-refractivity contribution >= 4 is 5.82 Å². The van der Waals surface area contributed by atoms with Crippen LogP contribution < -0.4 is 5.32 Å². The van der Waals surface area contributed by atoms with Crippen molar-refractivity contribution in [3.05, 3.63) is 18.1 Å². The molecule has 1 heterocycles. The fourth-order valence-corrected chi connectivity index (χ4v) is 0.628. The molecule has 60 valence electrons. The fraction of sp³-hybridized carbons (Fsp3) is 0.333. The molecule has 1 rings (SSSR count). The number of nitrogens with one attached hydrogen (secondary N) is 1. The van der Waals surface area contributed by atoms with Crippen LogP contribution in [-0.4, -0.2) is 17.0 Å². The Morgan fingerprint density at radius 2 is 2.18 bits per heavy atom. The Balaban J connectivity index is 2.91. The fourth-order valence-electron chi connectivity index (χ4n) is 0.628. The number of aromatic nitrogens is 2. The van der Waals surface area contributed by atoms with Crippen LogP contribution in [0.3, 0.4) is 0 Å². The van der Waals surface area contributed by atoms with Crippen molar-refractivity contribution in [2.24, 2.45) is 0 Å². The molecule has 0 aliphatic heterocycles. The molecule has 0 radical (unpaired) electrons. The minimum atomic E-state index is -2.54. The van der Waals surface area contributed by atoms with Gasteiger partial charge in [0.15, 0.2) is 0 Å². The van der Waals surface area contributed by atoms with E-state index in [1.54, 1.807) is 7.05 Å². The van der Waals surface area contributed by atoms with Crippen LogP contribution in [0.5, 0.6) is 0 Å². The van der Waals surface area contributed by atoms with E-state index in [-0.39, 0.29) is 5.69 Å². The average Bonchev–Trinajstić information content (AvgIpc) is 2.05. The molecule has 1 aromatic heterocycles. The van der Waals surface area contributed by atoms with Crippen molar-refractivity contribution in [2.75, 3.05) is 12.4 Å². The van der Waals surface area contributed by atoms with Gasteiger partial charge < -0.3 is 5.32 Å². The Labute approximate surface area is 62.5 Å². The minimum Gasteiger partial charge on any atom is -0.373 e. The largest absolute Gasteiger partial charge is 0.373 e. The first-order chi connectivity index (χ1) is 5.24. The number of alkyl halides is 2. The molecular formula is C6H7F2N3. The summed E-state index contributed by atoms with van der Waals surface area (Å²) in [4.78, 5) is 7.07. The standard InChI is InChI=1S/C6H7F2N3/c1-9-5-2-4(6(7)8)10-3-11-5/h2-3,6H,1H3,(H,9,10,11).